The Morgan fingerprint density at radius 3 is 2.53 bits per heavy atom. The zero-order chi connectivity index (χ0) is 13.8. The average molecular weight is 264 g/mol. The molecule has 1 fully saturated rings. The Morgan fingerprint density at radius 1 is 1.32 bits per heavy atom. The largest absolute Gasteiger partial charge is 0.355 e. The summed E-state index contributed by atoms with van der Waals surface area (Å²) in [6.07, 6.45) is 2.48. The molecule has 104 valence electrons. The lowest BCUT2D eigenvalue weighted by Crippen LogP contribution is -2.34. The normalized spacial score (nSPS) is 14.5. The van der Waals surface area contributed by atoms with Crippen LogP contribution in [0.4, 0.5) is 4.39 Å². The summed E-state index contributed by atoms with van der Waals surface area (Å²) in [5, 5.41) is 5.99. The van der Waals surface area contributed by atoms with E-state index in [1.165, 1.54) is 12.8 Å². The van der Waals surface area contributed by atoms with Gasteiger partial charge in [0.15, 0.2) is 0 Å². The molecule has 19 heavy (non-hydrogen) atoms. The quantitative estimate of drug-likeness (QED) is 0.825. The molecule has 0 bridgehead atoms. The van der Waals surface area contributed by atoms with Crippen LogP contribution in [0, 0.1) is 25.6 Å². The number of halogens is 1. The van der Waals surface area contributed by atoms with Gasteiger partial charge < -0.3 is 10.6 Å². The van der Waals surface area contributed by atoms with Gasteiger partial charge >= 0.3 is 0 Å². The number of hydrogen-bond donors (Lipinski definition) is 2. The maximum atomic E-state index is 13.5. The molecular weight excluding hydrogens is 243 g/mol. The standard InChI is InChI=1S/C15H21FN2O/c1-10-5-13(6-11(2)15(10)16)7-17-9-14(19)18-8-12-3-4-12/h5-6,12,17H,3-4,7-9H2,1-2H3,(H,18,19). The van der Waals surface area contributed by atoms with E-state index in [-0.39, 0.29) is 11.7 Å². The molecule has 0 atom stereocenters. The molecule has 0 saturated heterocycles. The minimum atomic E-state index is -0.147. The van der Waals surface area contributed by atoms with Gasteiger partial charge in [0.1, 0.15) is 5.82 Å². The van der Waals surface area contributed by atoms with Crippen LogP contribution in [-0.2, 0) is 11.3 Å². The molecule has 4 heteroatoms. The molecule has 1 aromatic carbocycles. The van der Waals surface area contributed by atoms with Crippen LogP contribution in [-0.4, -0.2) is 19.0 Å². The second kappa shape index (κ2) is 6.15. The van der Waals surface area contributed by atoms with Crippen molar-refractivity contribution in [2.24, 2.45) is 5.92 Å². The number of rotatable bonds is 6. The van der Waals surface area contributed by atoms with Crippen LogP contribution >= 0.6 is 0 Å². The third-order valence-corrected chi connectivity index (χ3v) is 3.40. The number of nitrogens with one attached hydrogen (secondary N) is 2. The summed E-state index contributed by atoms with van der Waals surface area (Å²) in [6.45, 7) is 5.21. The summed E-state index contributed by atoms with van der Waals surface area (Å²) in [5.41, 5.74) is 2.30. The van der Waals surface area contributed by atoms with Gasteiger partial charge in [-0.05, 0) is 49.3 Å². The van der Waals surface area contributed by atoms with Gasteiger partial charge in [0.2, 0.25) is 5.91 Å². The summed E-state index contributed by atoms with van der Waals surface area (Å²) >= 11 is 0. The fourth-order valence-electron chi connectivity index (χ4n) is 2.10. The minimum absolute atomic E-state index is 0.0301. The molecule has 0 heterocycles. The number of carbonyl (C=O) groups excluding carboxylic acids is 1. The molecule has 1 aromatic rings. The smallest absolute Gasteiger partial charge is 0.233 e. The fraction of sp³-hybridized carbons (Fsp3) is 0.533. The predicted octanol–water partition coefficient (Wildman–Crippen LogP) is 2.06. The minimum Gasteiger partial charge on any atom is -0.355 e. The van der Waals surface area contributed by atoms with Crippen molar-refractivity contribution in [3.05, 3.63) is 34.6 Å². The van der Waals surface area contributed by atoms with Gasteiger partial charge in [0.05, 0.1) is 6.54 Å². The van der Waals surface area contributed by atoms with Crippen LogP contribution in [0.5, 0.6) is 0 Å². The molecule has 1 amide bonds. The Balaban J connectivity index is 1.73. The first kappa shape index (κ1) is 14.0. The van der Waals surface area contributed by atoms with Crippen molar-refractivity contribution in [3.8, 4) is 0 Å². The number of aryl methyl sites for hydroxylation is 2. The van der Waals surface area contributed by atoms with Gasteiger partial charge in [-0.2, -0.15) is 0 Å². The monoisotopic (exact) mass is 264 g/mol. The van der Waals surface area contributed by atoms with E-state index in [0.29, 0.717) is 30.1 Å². The van der Waals surface area contributed by atoms with Gasteiger partial charge in [-0.3, -0.25) is 4.79 Å². The van der Waals surface area contributed by atoms with E-state index in [2.05, 4.69) is 10.6 Å². The Morgan fingerprint density at radius 2 is 1.95 bits per heavy atom. The van der Waals surface area contributed by atoms with Crippen LogP contribution < -0.4 is 10.6 Å². The number of benzene rings is 1. The lowest BCUT2D eigenvalue weighted by molar-refractivity contribution is -0.120. The Hall–Kier alpha value is -1.42. The van der Waals surface area contributed by atoms with Crippen LogP contribution in [0.15, 0.2) is 12.1 Å². The number of carbonyl (C=O) groups is 1. The van der Waals surface area contributed by atoms with Crippen LogP contribution in [0.1, 0.15) is 29.5 Å². The van der Waals surface area contributed by atoms with Gasteiger partial charge in [0, 0.05) is 13.1 Å². The SMILES string of the molecule is Cc1cc(CNCC(=O)NCC2CC2)cc(C)c1F. The second-order valence-electron chi connectivity index (χ2n) is 5.39. The maximum Gasteiger partial charge on any atom is 0.233 e. The van der Waals surface area contributed by atoms with E-state index >= 15 is 0 Å². The summed E-state index contributed by atoms with van der Waals surface area (Å²) < 4.78 is 13.5. The van der Waals surface area contributed by atoms with E-state index in [1.807, 2.05) is 12.1 Å². The molecule has 0 unspecified atom stereocenters. The van der Waals surface area contributed by atoms with E-state index in [4.69, 9.17) is 0 Å². The van der Waals surface area contributed by atoms with Crippen molar-refractivity contribution in [3.63, 3.8) is 0 Å². The van der Waals surface area contributed by atoms with Crippen molar-refractivity contribution < 1.29 is 9.18 Å². The molecule has 0 radical (unpaired) electrons. The highest BCUT2D eigenvalue weighted by Crippen LogP contribution is 2.27. The summed E-state index contributed by atoms with van der Waals surface area (Å²) in [5.74, 6) is 0.583. The molecule has 1 aliphatic rings. The van der Waals surface area contributed by atoms with E-state index < -0.39 is 0 Å². The van der Waals surface area contributed by atoms with Crippen molar-refractivity contribution in [1.29, 1.82) is 0 Å². The Kier molecular flexibility index (Phi) is 4.53. The molecular formula is C15H21FN2O. The first-order valence-corrected chi connectivity index (χ1v) is 6.79. The van der Waals surface area contributed by atoms with E-state index in [1.54, 1.807) is 13.8 Å². The summed E-state index contributed by atoms with van der Waals surface area (Å²) in [6, 6.07) is 3.63. The van der Waals surface area contributed by atoms with Crippen molar-refractivity contribution in [2.45, 2.75) is 33.2 Å². The van der Waals surface area contributed by atoms with Gasteiger partial charge in [-0.25, -0.2) is 4.39 Å². The molecule has 0 aliphatic heterocycles. The highest BCUT2D eigenvalue weighted by Gasteiger charge is 2.21. The van der Waals surface area contributed by atoms with Gasteiger partial charge in [-0.1, -0.05) is 12.1 Å². The molecule has 2 rings (SSSR count). The van der Waals surface area contributed by atoms with Crippen LogP contribution in [0.25, 0.3) is 0 Å². The predicted molar refractivity (Wildman–Crippen MR) is 73.3 cm³/mol. The molecule has 2 N–H and O–H groups in total. The van der Waals surface area contributed by atoms with Crippen molar-refractivity contribution in [2.75, 3.05) is 13.1 Å². The van der Waals surface area contributed by atoms with Crippen LogP contribution in [0.2, 0.25) is 0 Å². The molecule has 0 spiro atoms. The van der Waals surface area contributed by atoms with Gasteiger partial charge in [0.25, 0.3) is 0 Å². The van der Waals surface area contributed by atoms with Crippen molar-refractivity contribution in [1.82, 2.24) is 10.6 Å². The van der Waals surface area contributed by atoms with Crippen molar-refractivity contribution >= 4 is 5.91 Å². The zero-order valence-electron chi connectivity index (χ0n) is 11.6. The Labute approximate surface area is 113 Å². The van der Waals surface area contributed by atoms with Gasteiger partial charge in [-0.15, -0.1) is 0 Å². The first-order chi connectivity index (χ1) is 9.06. The maximum absolute atomic E-state index is 13.5. The molecule has 3 nitrogen and oxygen atoms in total. The molecule has 1 saturated carbocycles. The average Bonchev–Trinajstić information content (AvgIpc) is 3.17. The fourth-order valence-corrected chi connectivity index (χ4v) is 2.10. The highest BCUT2D eigenvalue weighted by molar-refractivity contribution is 5.77. The summed E-state index contributed by atoms with van der Waals surface area (Å²) in [4.78, 5) is 11.5. The second-order valence-corrected chi connectivity index (χ2v) is 5.39. The third-order valence-electron chi connectivity index (χ3n) is 3.40. The zero-order valence-corrected chi connectivity index (χ0v) is 11.6. The Bertz CT molecular complexity index is 446. The lowest BCUT2D eigenvalue weighted by atomic mass is 10.1. The van der Waals surface area contributed by atoms with E-state index in [9.17, 15) is 9.18 Å². The first-order valence-electron chi connectivity index (χ1n) is 6.79. The molecule has 1 aliphatic carbocycles. The number of hydrogen-bond acceptors (Lipinski definition) is 2. The van der Waals surface area contributed by atoms with E-state index in [0.717, 1.165) is 12.1 Å². The summed E-state index contributed by atoms with van der Waals surface area (Å²) in [7, 11) is 0. The third kappa shape index (κ3) is 4.31. The lowest BCUT2D eigenvalue weighted by Gasteiger charge is -2.09. The topological polar surface area (TPSA) is 41.1 Å². The molecule has 0 aromatic heterocycles. The number of amides is 1. The van der Waals surface area contributed by atoms with Crippen LogP contribution in [0.3, 0.4) is 0 Å². The highest BCUT2D eigenvalue weighted by atomic mass is 19.1.